The Kier molecular flexibility index (Phi) is 5.49. The first-order valence-electron chi connectivity index (χ1n) is 11.5. The molecule has 7 nitrogen and oxygen atoms in total. The average molecular weight is 448 g/mol. The van der Waals surface area contributed by atoms with E-state index in [2.05, 4.69) is 0 Å². The van der Waals surface area contributed by atoms with E-state index in [0.717, 1.165) is 24.2 Å². The van der Waals surface area contributed by atoms with Gasteiger partial charge in [0.25, 0.3) is 5.69 Å². The van der Waals surface area contributed by atoms with Gasteiger partial charge >= 0.3 is 6.09 Å². The third-order valence-electron chi connectivity index (χ3n) is 8.04. The Morgan fingerprint density at radius 2 is 1.71 bits per heavy atom. The molecule has 1 saturated heterocycles. The molecule has 0 atom stereocenters. The maximum atomic E-state index is 12.6. The van der Waals surface area contributed by atoms with Crippen molar-refractivity contribution in [3.05, 3.63) is 33.3 Å². The van der Waals surface area contributed by atoms with Crippen molar-refractivity contribution in [2.24, 2.45) is 23.2 Å². The second kappa shape index (κ2) is 8.15. The molecule has 0 spiro atoms. The smallest absolute Gasteiger partial charge is 0.409 e. The zero-order chi connectivity index (χ0) is 21.6. The summed E-state index contributed by atoms with van der Waals surface area (Å²) in [6.45, 7) is 2.43. The Balaban J connectivity index is 1.13. The summed E-state index contributed by atoms with van der Waals surface area (Å²) in [5.41, 5.74) is 0.847. The van der Waals surface area contributed by atoms with Crippen LogP contribution in [0.3, 0.4) is 0 Å². The lowest BCUT2D eigenvalue weighted by molar-refractivity contribution is -0.384. The topological polar surface area (TPSA) is 75.9 Å². The Morgan fingerprint density at radius 3 is 2.29 bits per heavy atom. The third kappa shape index (κ3) is 4.09. The summed E-state index contributed by atoms with van der Waals surface area (Å²) in [7, 11) is 0. The standard InChI is InChI=1S/C23H30ClN3O4/c24-19-2-1-3-20(27(29)30)21(19)25-5-7-26(8-6-25)22(28)31-9-4-23-13-16-10-17(14-23)12-18(11-16)15-23/h1-3,16-18H,4-15H2. The number of nitrogens with zero attached hydrogens (tertiary/aromatic N) is 3. The summed E-state index contributed by atoms with van der Waals surface area (Å²) >= 11 is 6.25. The summed E-state index contributed by atoms with van der Waals surface area (Å²) in [4.78, 5) is 27.2. The number of carbonyl (C=O) groups excluding carboxylic acids is 1. The SMILES string of the molecule is O=C(OCCC12CC3CC(CC(C3)C1)C2)N1CCN(c2c(Cl)cccc2[N+](=O)[O-])CC1. The number of amides is 1. The molecule has 4 saturated carbocycles. The number of nitro groups is 1. The third-order valence-corrected chi connectivity index (χ3v) is 8.34. The lowest BCUT2D eigenvalue weighted by atomic mass is 9.49. The van der Waals surface area contributed by atoms with Gasteiger partial charge in [-0.3, -0.25) is 10.1 Å². The number of piperazine rings is 1. The molecule has 6 rings (SSSR count). The molecule has 1 aliphatic heterocycles. The largest absolute Gasteiger partial charge is 0.449 e. The number of benzene rings is 1. The fraction of sp³-hybridized carbons (Fsp3) is 0.696. The molecule has 1 heterocycles. The van der Waals surface area contributed by atoms with E-state index in [-0.39, 0.29) is 11.8 Å². The Bertz CT molecular complexity index is 833. The van der Waals surface area contributed by atoms with Crippen molar-refractivity contribution in [3.8, 4) is 0 Å². The number of hydrogen-bond acceptors (Lipinski definition) is 5. The van der Waals surface area contributed by atoms with E-state index in [0.29, 0.717) is 48.9 Å². The molecule has 0 aromatic heterocycles. The number of halogens is 1. The zero-order valence-corrected chi connectivity index (χ0v) is 18.6. The number of rotatable bonds is 5. The van der Waals surface area contributed by atoms with Crippen LogP contribution in [0.4, 0.5) is 16.2 Å². The summed E-state index contributed by atoms with van der Waals surface area (Å²) in [5.74, 6) is 2.72. The van der Waals surface area contributed by atoms with Crippen LogP contribution in [0.5, 0.6) is 0 Å². The predicted octanol–water partition coefficient (Wildman–Crippen LogP) is 5.11. The minimum Gasteiger partial charge on any atom is -0.449 e. The fourth-order valence-corrected chi connectivity index (χ4v) is 7.41. The summed E-state index contributed by atoms with van der Waals surface area (Å²) in [6, 6.07) is 4.71. The molecular weight excluding hydrogens is 418 g/mol. The minimum atomic E-state index is -0.410. The van der Waals surface area contributed by atoms with Crippen molar-refractivity contribution >= 4 is 29.1 Å². The highest BCUT2D eigenvalue weighted by Crippen LogP contribution is 2.61. The van der Waals surface area contributed by atoms with E-state index in [9.17, 15) is 14.9 Å². The minimum absolute atomic E-state index is 0.000834. The van der Waals surface area contributed by atoms with Gasteiger partial charge in [0, 0.05) is 32.2 Å². The molecule has 1 aromatic carbocycles. The van der Waals surface area contributed by atoms with Crippen LogP contribution in [-0.4, -0.2) is 48.7 Å². The van der Waals surface area contributed by atoms with Crippen LogP contribution in [0, 0.1) is 33.3 Å². The second-order valence-corrected chi connectivity index (χ2v) is 10.5. The number of nitro benzene ring substituents is 1. The first-order valence-corrected chi connectivity index (χ1v) is 11.9. The molecule has 1 aromatic rings. The number of carbonyl (C=O) groups is 1. The summed E-state index contributed by atoms with van der Waals surface area (Å²) < 4.78 is 5.68. The van der Waals surface area contributed by atoms with Crippen LogP contribution < -0.4 is 4.90 Å². The van der Waals surface area contributed by atoms with Crippen LogP contribution in [0.1, 0.15) is 44.9 Å². The van der Waals surface area contributed by atoms with E-state index < -0.39 is 4.92 Å². The lowest BCUT2D eigenvalue weighted by Gasteiger charge is -2.57. The van der Waals surface area contributed by atoms with Gasteiger partial charge in [-0.2, -0.15) is 0 Å². The number of anilines is 1. The maximum Gasteiger partial charge on any atom is 0.409 e. The monoisotopic (exact) mass is 447 g/mol. The normalized spacial score (nSPS) is 31.7. The van der Waals surface area contributed by atoms with Gasteiger partial charge in [0.1, 0.15) is 5.69 Å². The van der Waals surface area contributed by atoms with Crippen molar-refractivity contribution < 1.29 is 14.5 Å². The first-order chi connectivity index (χ1) is 14.9. The van der Waals surface area contributed by atoms with E-state index in [4.69, 9.17) is 16.3 Å². The second-order valence-electron chi connectivity index (χ2n) is 10.1. The predicted molar refractivity (Wildman–Crippen MR) is 118 cm³/mol. The highest BCUT2D eigenvalue weighted by molar-refractivity contribution is 6.33. The quantitative estimate of drug-likeness (QED) is 0.463. The Morgan fingerprint density at radius 1 is 1.10 bits per heavy atom. The van der Waals surface area contributed by atoms with Gasteiger partial charge in [-0.1, -0.05) is 17.7 Å². The van der Waals surface area contributed by atoms with Gasteiger partial charge in [0.05, 0.1) is 16.6 Å². The molecule has 0 radical (unpaired) electrons. The molecule has 1 amide bonds. The van der Waals surface area contributed by atoms with Gasteiger partial charge in [-0.25, -0.2) is 4.79 Å². The maximum absolute atomic E-state index is 12.6. The molecule has 168 valence electrons. The van der Waals surface area contributed by atoms with Crippen molar-refractivity contribution in [2.45, 2.75) is 44.9 Å². The fourth-order valence-electron chi connectivity index (χ4n) is 7.12. The number of ether oxygens (including phenoxy) is 1. The van der Waals surface area contributed by atoms with E-state index in [1.54, 1.807) is 17.0 Å². The highest BCUT2D eigenvalue weighted by Gasteiger charge is 2.50. The highest BCUT2D eigenvalue weighted by atomic mass is 35.5. The lowest BCUT2D eigenvalue weighted by Crippen LogP contribution is -2.49. The van der Waals surface area contributed by atoms with Gasteiger partial charge in [-0.05, 0) is 74.2 Å². The van der Waals surface area contributed by atoms with Crippen molar-refractivity contribution in [3.63, 3.8) is 0 Å². The van der Waals surface area contributed by atoms with Crippen LogP contribution in [0.25, 0.3) is 0 Å². The molecule has 8 heteroatoms. The zero-order valence-electron chi connectivity index (χ0n) is 17.8. The van der Waals surface area contributed by atoms with Crippen molar-refractivity contribution in [2.75, 3.05) is 37.7 Å². The number of para-hydroxylation sites is 1. The molecule has 31 heavy (non-hydrogen) atoms. The summed E-state index contributed by atoms with van der Waals surface area (Å²) in [5, 5.41) is 11.7. The Labute approximate surface area is 187 Å². The molecule has 4 aliphatic carbocycles. The van der Waals surface area contributed by atoms with Crippen LogP contribution in [0.2, 0.25) is 5.02 Å². The van der Waals surface area contributed by atoms with E-state index in [1.807, 2.05) is 4.90 Å². The Hall–Kier alpha value is -2.02. The molecular formula is C23H30ClN3O4. The molecule has 5 fully saturated rings. The molecule has 0 unspecified atom stereocenters. The van der Waals surface area contributed by atoms with Crippen molar-refractivity contribution in [1.82, 2.24) is 4.90 Å². The number of hydrogen-bond donors (Lipinski definition) is 0. The first kappa shape index (κ1) is 20.9. The average Bonchev–Trinajstić information content (AvgIpc) is 2.72. The van der Waals surface area contributed by atoms with Crippen LogP contribution in [-0.2, 0) is 4.74 Å². The van der Waals surface area contributed by atoms with Crippen molar-refractivity contribution in [1.29, 1.82) is 0 Å². The van der Waals surface area contributed by atoms with Gasteiger partial charge < -0.3 is 14.5 Å². The van der Waals surface area contributed by atoms with E-state index >= 15 is 0 Å². The van der Waals surface area contributed by atoms with Gasteiger partial charge in [-0.15, -0.1) is 0 Å². The van der Waals surface area contributed by atoms with E-state index in [1.165, 1.54) is 44.6 Å². The van der Waals surface area contributed by atoms with Crippen LogP contribution in [0.15, 0.2) is 18.2 Å². The molecule has 0 N–H and O–H groups in total. The van der Waals surface area contributed by atoms with Crippen LogP contribution >= 0.6 is 11.6 Å². The molecule has 4 bridgehead atoms. The summed E-state index contributed by atoms with van der Waals surface area (Å²) in [6.07, 6.45) is 8.97. The van der Waals surface area contributed by atoms with Gasteiger partial charge in [0.15, 0.2) is 0 Å². The van der Waals surface area contributed by atoms with Gasteiger partial charge in [0.2, 0.25) is 0 Å². The molecule has 5 aliphatic rings.